The van der Waals surface area contributed by atoms with Crippen molar-refractivity contribution in [2.75, 3.05) is 29.6 Å². The first-order valence-corrected chi connectivity index (χ1v) is 7.83. The number of benzene rings is 1. The van der Waals surface area contributed by atoms with Gasteiger partial charge >= 0.3 is 0 Å². The van der Waals surface area contributed by atoms with E-state index in [4.69, 9.17) is 19.6 Å². The maximum Gasteiger partial charge on any atom is 0.163 e. The third-order valence-electron chi connectivity index (χ3n) is 3.70. The second kappa shape index (κ2) is 6.60. The number of furan rings is 1. The largest absolute Gasteiger partial charge is 0.486 e. The number of nitrogen functional groups attached to an aromatic ring is 1. The molecule has 0 amide bonds. The topological polar surface area (TPSA) is 107 Å². The van der Waals surface area contributed by atoms with Crippen molar-refractivity contribution in [3.05, 3.63) is 48.7 Å². The summed E-state index contributed by atoms with van der Waals surface area (Å²) in [7, 11) is 0. The average molecular weight is 339 g/mol. The third-order valence-corrected chi connectivity index (χ3v) is 3.70. The summed E-state index contributed by atoms with van der Waals surface area (Å²) in [5.74, 6) is 3.26. The molecule has 4 rings (SSSR count). The van der Waals surface area contributed by atoms with E-state index in [2.05, 4.69) is 20.6 Å². The molecule has 0 atom stereocenters. The van der Waals surface area contributed by atoms with Crippen LogP contribution in [0.4, 0.5) is 23.0 Å². The molecule has 0 fully saturated rings. The molecule has 0 aliphatic carbocycles. The molecule has 128 valence electrons. The molecule has 0 unspecified atom stereocenters. The molecule has 8 heteroatoms. The number of aromatic nitrogens is 2. The van der Waals surface area contributed by atoms with Crippen molar-refractivity contribution in [3.8, 4) is 11.5 Å². The maximum absolute atomic E-state index is 6.17. The van der Waals surface area contributed by atoms with E-state index in [1.807, 2.05) is 30.3 Å². The molecule has 0 bridgehead atoms. The molecular weight excluding hydrogens is 322 g/mol. The fourth-order valence-electron chi connectivity index (χ4n) is 2.48. The van der Waals surface area contributed by atoms with Crippen LogP contribution >= 0.6 is 0 Å². The van der Waals surface area contributed by atoms with Crippen LogP contribution in [0.5, 0.6) is 11.5 Å². The fourth-order valence-corrected chi connectivity index (χ4v) is 2.48. The lowest BCUT2D eigenvalue weighted by atomic mass is 10.2. The van der Waals surface area contributed by atoms with E-state index in [-0.39, 0.29) is 0 Å². The zero-order valence-corrected chi connectivity index (χ0v) is 13.4. The molecule has 0 radical (unpaired) electrons. The Bertz CT molecular complexity index is 867. The van der Waals surface area contributed by atoms with Gasteiger partial charge in [-0.15, -0.1) is 0 Å². The second-order valence-electron chi connectivity index (χ2n) is 5.40. The van der Waals surface area contributed by atoms with E-state index < -0.39 is 0 Å². The summed E-state index contributed by atoms with van der Waals surface area (Å²) in [5.41, 5.74) is 7.39. The van der Waals surface area contributed by atoms with Gasteiger partial charge in [0, 0.05) is 11.8 Å². The van der Waals surface area contributed by atoms with Crippen LogP contribution in [0, 0.1) is 0 Å². The molecule has 0 saturated carbocycles. The zero-order chi connectivity index (χ0) is 17.1. The Labute approximate surface area is 144 Å². The van der Waals surface area contributed by atoms with Crippen LogP contribution in [0.2, 0.25) is 0 Å². The van der Waals surface area contributed by atoms with Crippen molar-refractivity contribution in [3.63, 3.8) is 0 Å². The highest BCUT2D eigenvalue weighted by Gasteiger charge is 2.13. The summed E-state index contributed by atoms with van der Waals surface area (Å²) in [6.45, 7) is 1.58. The number of nitrogens with zero attached hydrogens (tertiary/aromatic N) is 2. The number of nitrogens with one attached hydrogen (secondary N) is 2. The molecular formula is C17H17N5O3. The lowest BCUT2D eigenvalue weighted by molar-refractivity contribution is 0.171. The summed E-state index contributed by atoms with van der Waals surface area (Å²) in [6, 6.07) is 9.29. The SMILES string of the molecule is Nc1c(NCc2ccco2)ncnc1Nc1ccc2c(c1)OCCO2. The Balaban J connectivity index is 1.51. The highest BCUT2D eigenvalue weighted by molar-refractivity contribution is 5.78. The van der Waals surface area contributed by atoms with Gasteiger partial charge in [0.05, 0.1) is 12.8 Å². The van der Waals surface area contributed by atoms with Gasteiger partial charge in [-0.25, -0.2) is 9.97 Å². The second-order valence-corrected chi connectivity index (χ2v) is 5.40. The van der Waals surface area contributed by atoms with E-state index in [1.165, 1.54) is 6.33 Å². The lowest BCUT2D eigenvalue weighted by Gasteiger charge is -2.19. The molecule has 8 nitrogen and oxygen atoms in total. The number of ether oxygens (including phenoxy) is 2. The number of fused-ring (bicyclic) bond motifs is 1. The molecule has 1 aliphatic rings. The number of hydrogen-bond acceptors (Lipinski definition) is 8. The van der Waals surface area contributed by atoms with Crippen molar-refractivity contribution in [1.82, 2.24) is 9.97 Å². The lowest BCUT2D eigenvalue weighted by Crippen LogP contribution is -2.15. The van der Waals surface area contributed by atoms with Crippen LogP contribution in [-0.4, -0.2) is 23.2 Å². The van der Waals surface area contributed by atoms with Crippen LogP contribution in [0.15, 0.2) is 47.3 Å². The zero-order valence-electron chi connectivity index (χ0n) is 13.4. The van der Waals surface area contributed by atoms with Crippen LogP contribution in [0.25, 0.3) is 0 Å². The smallest absolute Gasteiger partial charge is 0.163 e. The monoisotopic (exact) mass is 339 g/mol. The van der Waals surface area contributed by atoms with Crippen molar-refractivity contribution in [2.24, 2.45) is 0 Å². The van der Waals surface area contributed by atoms with Crippen LogP contribution in [0.3, 0.4) is 0 Å². The molecule has 0 saturated heterocycles. The van der Waals surface area contributed by atoms with Gasteiger partial charge in [0.2, 0.25) is 0 Å². The van der Waals surface area contributed by atoms with Crippen molar-refractivity contribution < 1.29 is 13.9 Å². The first-order valence-electron chi connectivity index (χ1n) is 7.83. The molecule has 3 heterocycles. The summed E-state index contributed by atoms with van der Waals surface area (Å²) < 4.78 is 16.4. The Morgan fingerprint density at radius 3 is 2.72 bits per heavy atom. The van der Waals surface area contributed by atoms with Gasteiger partial charge in [-0.05, 0) is 24.3 Å². The minimum absolute atomic E-state index is 0.420. The molecule has 3 aromatic rings. The predicted molar refractivity (Wildman–Crippen MR) is 93.2 cm³/mol. The van der Waals surface area contributed by atoms with E-state index in [9.17, 15) is 0 Å². The van der Waals surface area contributed by atoms with E-state index in [0.717, 1.165) is 17.2 Å². The Morgan fingerprint density at radius 2 is 1.88 bits per heavy atom. The van der Waals surface area contributed by atoms with Crippen LogP contribution < -0.4 is 25.8 Å². The van der Waals surface area contributed by atoms with Gasteiger partial charge in [-0.1, -0.05) is 0 Å². The maximum atomic E-state index is 6.17. The van der Waals surface area contributed by atoms with Gasteiger partial charge in [0.25, 0.3) is 0 Å². The Hall–Kier alpha value is -3.42. The highest BCUT2D eigenvalue weighted by atomic mass is 16.6. The van der Waals surface area contributed by atoms with Crippen LogP contribution in [0.1, 0.15) is 5.76 Å². The number of rotatable bonds is 5. The molecule has 4 N–H and O–H groups in total. The van der Waals surface area contributed by atoms with Crippen molar-refractivity contribution in [1.29, 1.82) is 0 Å². The van der Waals surface area contributed by atoms with Gasteiger partial charge < -0.3 is 30.3 Å². The molecule has 1 aliphatic heterocycles. The van der Waals surface area contributed by atoms with E-state index >= 15 is 0 Å². The standard InChI is InChI=1S/C17H17N5O3/c18-15-16(19-9-12-2-1-5-23-12)20-10-21-17(15)22-11-3-4-13-14(8-11)25-7-6-24-13/h1-5,8,10H,6-7,9,18H2,(H2,19,20,21,22). The molecule has 25 heavy (non-hydrogen) atoms. The van der Waals surface area contributed by atoms with Gasteiger partial charge in [-0.3, -0.25) is 0 Å². The summed E-state index contributed by atoms with van der Waals surface area (Å²) in [5, 5.41) is 6.32. The number of hydrogen-bond donors (Lipinski definition) is 3. The predicted octanol–water partition coefficient (Wildman–Crippen LogP) is 2.78. The minimum Gasteiger partial charge on any atom is -0.486 e. The fraction of sp³-hybridized carbons (Fsp3) is 0.176. The third kappa shape index (κ3) is 3.27. The summed E-state index contributed by atoms with van der Waals surface area (Å²) >= 11 is 0. The minimum atomic E-state index is 0.420. The quantitative estimate of drug-likeness (QED) is 0.651. The van der Waals surface area contributed by atoms with E-state index in [1.54, 1.807) is 6.26 Å². The highest BCUT2D eigenvalue weighted by Crippen LogP contribution is 2.34. The average Bonchev–Trinajstić information content (AvgIpc) is 3.16. The first-order chi connectivity index (χ1) is 12.3. The number of nitrogens with two attached hydrogens (primary N) is 1. The van der Waals surface area contributed by atoms with Crippen molar-refractivity contribution >= 4 is 23.0 Å². The Kier molecular flexibility index (Phi) is 3.99. The van der Waals surface area contributed by atoms with Gasteiger partial charge in [0.1, 0.15) is 31.0 Å². The van der Waals surface area contributed by atoms with Gasteiger partial charge in [0.15, 0.2) is 23.1 Å². The first kappa shape index (κ1) is 15.1. The van der Waals surface area contributed by atoms with Crippen LogP contribution in [-0.2, 0) is 6.54 Å². The molecule has 1 aromatic carbocycles. The number of anilines is 4. The van der Waals surface area contributed by atoms with Crippen molar-refractivity contribution in [2.45, 2.75) is 6.54 Å². The Morgan fingerprint density at radius 1 is 1.04 bits per heavy atom. The normalized spacial score (nSPS) is 12.6. The summed E-state index contributed by atoms with van der Waals surface area (Å²) in [4.78, 5) is 8.39. The summed E-state index contributed by atoms with van der Waals surface area (Å²) in [6.07, 6.45) is 3.07. The van der Waals surface area contributed by atoms with Gasteiger partial charge in [-0.2, -0.15) is 0 Å². The molecule has 0 spiro atoms. The molecule has 2 aromatic heterocycles. The van der Waals surface area contributed by atoms with E-state index in [0.29, 0.717) is 42.8 Å².